The van der Waals surface area contributed by atoms with E-state index in [4.69, 9.17) is 4.84 Å². The van der Waals surface area contributed by atoms with Crippen LogP contribution in [0.15, 0.2) is 24.3 Å². The van der Waals surface area contributed by atoms with Gasteiger partial charge in [0, 0.05) is 0 Å². The van der Waals surface area contributed by atoms with Crippen LogP contribution in [-0.2, 0) is 4.84 Å². The van der Waals surface area contributed by atoms with Crippen molar-refractivity contribution in [1.82, 2.24) is 5.06 Å². The molecule has 0 radical (unpaired) electrons. The zero-order valence-electron chi connectivity index (χ0n) is 13.3. The molecule has 1 aliphatic rings. The molecule has 0 atom stereocenters. The van der Waals surface area contributed by atoms with Gasteiger partial charge in [-0.15, -0.1) is 5.06 Å². The average molecular weight is 303 g/mol. The lowest BCUT2D eigenvalue weighted by atomic mass is 10.1. The molecule has 0 bridgehead atoms. The van der Waals surface area contributed by atoms with Gasteiger partial charge in [-0.1, -0.05) is 64.0 Å². The molecular formula is C18H25NO3. The summed E-state index contributed by atoms with van der Waals surface area (Å²) in [5.41, 5.74) is 0.867. The van der Waals surface area contributed by atoms with Gasteiger partial charge in [-0.05, 0) is 18.6 Å². The Morgan fingerprint density at radius 2 is 1.32 bits per heavy atom. The Labute approximate surface area is 132 Å². The molecule has 22 heavy (non-hydrogen) atoms. The van der Waals surface area contributed by atoms with Crippen molar-refractivity contribution >= 4 is 11.8 Å². The summed E-state index contributed by atoms with van der Waals surface area (Å²) in [4.78, 5) is 29.5. The summed E-state index contributed by atoms with van der Waals surface area (Å²) in [7, 11) is 0. The minimum absolute atomic E-state index is 0.347. The molecule has 1 aliphatic heterocycles. The summed E-state index contributed by atoms with van der Waals surface area (Å²) in [5.74, 6) is -0.694. The predicted octanol–water partition coefficient (Wildman–Crippen LogP) is 4.35. The molecule has 4 heteroatoms. The molecule has 0 fully saturated rings. The fourth-order valence-electron chi connectivity index (χ4n) is 2.68. The van der Waals surface area contributed by atoms with Crippen molar-refractivity contribution in [1.29, 1.82) is 0 Å². The van der Waals surface area contributed by atoms with Gasteiger partial charge in [0.25, 0.3) is 11.8 Å². The molecule has 0 saturated carbocycles. The van der Waals surface area contributed by atoms with Crippen LogP contribution in [0.4, 0.5) is 0 Å². The summed E-state index contributed by atoms with van der Waals surface area (Å²) in [5, 5.41) is 0.909. The molecule has 0 aromatic heterocycles. The highest BCUT2D eigenvalue weighted by Crippen LogP contribution is 2.22. The largest absolute Gasteiger partial charge is 0.285 e. The molecule has 0 saturated heterocycles. The van der Waals surface area contributed by atoms with Crippen molar-refractivity contribution in [2.24, 2.45) is 0 Å². The first-order valence-electron chi connectivity index (χ1n) is 8.36. The van der Waals surface area contributed by atoms with E-state index in [9.17, 15) is 9.59 Å². The van der Waals surface area contributed by atoms with Gasteiger partial charge in [0.15, 0.2) is 0 Å². The monoisotopic (exact) mass is 303 g/mol. The Morgan fingerprint density at radius 3 is 1.86 bits per heavy atom. The van der Waals surface area contributed by atoms with Gasteiger partial charge >= 0.3 is 0 Å². The van der Waals surface area contributed by atoms with Crippen molar-refractivity contribution in [3.8, 4) is 0 Å². The molecule has 4 nitrogen and oxygen atoms in total. The van der Waals surface area contributed by atoms with Gasteiger partial charge in [0.2, 0.25) is 0 Å². The SMILES string of the molecule is CCCCCCCCCCON1C(=O)c2ccccc2C1=O. The minimum atomic E-state index is -0.347. The topological polar surface area (TPSA) is 46.6 Å². The van der Waals surface area contributed by atoms with E-state index < -0.39 is 0 Å². The fourth-order valence-corrected chi connectivity index (χ4v) is 2.68. The molecule has 1 aromatic rings. The third-order valence-electron chi connectivity index (χ3n) is 3.98. The maximum absolute atomic E-state index is 12.1. The Balaban J connectivity index is 1.63. The first kappa shape index (κ1) is 16.7. The maximum Gasteiger partial charge on any atom is 0.285 e. The molecule has 2 amide bonds. The number of unbranched alkanes of at least 4 members (excludes halogenated alkanes) is 7. The first-order chi connectivity index (χ1) is 10.8. The lowest BCUT2D eigenvalue weighted by Crippen LogP contribution is -2.30. The van der Waals surface area contributed by atoms with Crippen molar-refractivity contribution in [2.75, 3.05) is 6.61 Å². The number of amides is 2. The van der Waals surface area contributed by atoms with Crippen LogP contribution in [0.1, 0.15) is 79.0 Å². The van der Waals surface area contributed by atoms with E-state index in [1.165, 1.54) is 38.5 Å². The van der Waals surface area contributed by atoms with Crippen LogP contribution < -0.4 is 0 Å². The van der Waals surface area contributed by atoms with Crippen LogP contribution in [0.5, 0.6) is 0 Å². The van der Waals surface area contributed by atoms with Crippen LogP contribution in [-0.4, -0.2) is 23.5 Å². The fraction of sp³-hybridized carbons (Fsp3) is 0.556. The van der Waals surface area contributed by atoms with E-state index in [-0.39, 0.29) is 11.8 Å². The number of carbonyl (C=O) groups excluding carboxylic acids is 2. The minimum Gasteiger partial charge on any atom is -0.266 e. The highest BCUT2D eigenvalue weighted by Gasteiger charge is 2.36. The first-order valence-corrected chi connectivity index (χ1v) is 8.36. The Morgan fingerprint density at radius 1 is 0.818 bits per heavy atom. The van der Waals surface area contributed by atoms with Crippen molar-refractivity contribution in [3.05, 3.63) is 35.4 Å². The van der Waals surface area contributed by atoms with E-state index in [2.05, 4.69) is 6.92 Å². The standard InChI is InChI=1S/C18H25NO3/c1-2-3-4-5-6-7-8-11-14-22-19-17(20)15-12-9-10-13-16(15)18(19)21/h9-10,12-13H,2-8,11,14H2,1H3. The van der Waals surface area contributed by atoms with Crippen LogP contribution in [0.25, 0.3) is 0 Å². The quantitative estimate of drug-likeness (QED) is 0.477. The van der Waals surface area contributed by atoms with Gasteiger partial charge in [0.05, 0.1) is 17.7 Å². The van der Waals surface area contributed by atoms with Gasteiger partial charge < -0.3 is 0 Å². The molecule has 0 unspecified atom stereocenters. The van der Waals surface area contributed by atoms with Crippen LogP contribution in [0.3, 0.4) is 0 Å². The number of nitrogens with zero attached hydrogens (tertiary/aromatic N) is 1. The Bertz CT molecular complexity index is 478. The molecule has 120 valence electrons. The number of hydrogen-bond donors (Lipinski definition) is 0. The van der Waals surface area contributed by atoms with E-state index >= 15 is 0 Å². The second-order valence-electron chi connectivity index (χ2n) is 5.76. The second-order valence-corrected chi connectivity index (χ2v) is 5.76. The van der Waals surface area contributed by atoms with E-state index in [1.807, 2.05) is 0 Å². The summed E-state index contributed by atoms with van der Waals surface area (Å²) in [6.07, 6.45) is 9.62. The molecule has 0 aliphatic carbocycles. The van der Waals surface area contributed by atoms with E-state index in [0.29, 0.717) is 17.7 Å². The summed E-state index contributed by atoms with van der Waals surface area (Å²) >= 11 is 0. The predicted molar refractivity (Wildman–Crippen MR) is 85.5 cm³/mol. The van der Waals surface area contributed by atoms with Crippen LogP contribution in [0, 0.1) is 0 Å². The molecule has 2 rings (SSSR count). The number of benzene rings is 1. The van der Waals surface area contributed by atoms with Gasteiger partial charge in [-0.3, -0.25) is 14.4 Å². The average Bonchev–Trinajstić information content (AvgIpc) is 2.78. The molecule has 0 N–H and O–H groups in total. The van der Waals surface area contributed by atoms with Crippen LogP contribution >= 0.6 is 0 Å². The third-order valence-corrected chi connectivity index (χ3v) is 3.98. The highest BCUT2D eigenvalue weighted by atomic mass is 16.7. The highest BCUT2D eigenvalue weighted by molar-refractivity contribution is 6.20. The summed E-state index contributed by atoms with van der Waals surface area (Å²) < 4.78 is 0. The van der Waals surface area contributed by atoms with E-state index in [1.54, 1.807) is 24.3 Å². The van der Waals surface area contributed by atoms with Crippen molar-refractivity contribution < 1.29 is 14.4 Å². The normalized spacial score (nSPS) is 13.8. The van der Waals surface area contributed by atoms with Crippen molar-refractivity contribution in [3.63, 3.8) is 0 Å². The Kier molecular flexibility index (Phi) is 6.59. The smallest absolute Gasteiger partial charge is 0.266 e. The number of hydrogen-bond acceptors (Lipinski definition) is 3. The molecule has 0 spiro atoms. The van der Waals surface area contributed by atoms with Gasteiger partial charge in [0.1, 0.15) is 0 Å². The molecular weight excluding hydrogens is 278 g/mol. The zero-order valence-corrected chi connectivity index (χ0v) is 13.3. The summed E-state index contributed by atoms with van der Waals surface area (Å²) in [6.45, 7) is 2.64. The number of fused-ring (bicyclic) bond motifs is 1. The van der Waals surface area contributed by atoms with Crippen LogP contribution in [0.2, 0.25) is 0 Å². The molecule has 1 aromatic carbocycles. The Hall–Kier alpha value is -1.68. The molecule has 1 heterocycles. The number of rotatable bonds is 10. The lowest BCUT2D eigenvalue weighted by Gasteiger charge is -2.13. The summed E-state index contributed by atoms with van der Waals surface area (Å²) in [6, 6.07) is 6.84. The number of imide groups is 1. The maximum atomic E-state index is 12.1. The van der Waals surface area contributed by atoms with E-state index in [0.717, 1.165) is 17.9 Å². The van der Waals surface area contributed by atoms with Gasteiger partial charge in [-0.2, -0.15) is 0 Å². The second kappa shape index (κ2) is 8.69. The lowest BCUT2D eigenvalue weighted by molar-refractivity contribution is -0.0922. The third kappa shape index (κ3) is 4.17. The van der Waals surface area contributed by atoms with Crippen molar-refractivity contribution in [2.45, 2.75) is 58.3 Å². The zero-order chi connectivity index (χ0) is 15.8. The van der Waals surface area contributed by atoms with Gasteiger partial charge in [-0.25, -0.2) is 0 Å². The number of carbonyl (C=O) groups is 2. The number of hydroxylamine groups is 2.